The van der Waals surface area contributed by atoms with Crippen LogP contribution in [0.25, 0.3) is 10.7 Å². The fourth-order valence-corrected chi connectivity index (χ4v) is 2.70. The van der Waals surface area contributed by atoms with Crippen molar-refractivity contribution in [2.24, 2.45) is 0 Å². The van der Waals surface area contributed by atoms with E-state index >= 15 is 0 Å². The Kier molecular flexibility index (Phi) is 2.59. The Hall–Kier alpha value is -1.82. The topological polar surface area (TPSA) is 63.1 Å². The van der Waals surface area contributed by atoms with Gasteiger partial charge in [0.05, 0.1) is 17.6 Å². The van der Waals surface area contributed by atoms with E-state index in [2.05, 4.69) is 9.97 Å². The third-order valence-electron chi connectivity index (χ3n) is 2.76. The number of carbonyl (C=O) groups is 1. The maximum Gasteiger partial charge on any atom is 0.347 e. The van der Waals surface area contributed by atoms with Gasteiger partial charge in [0.25, 0.3) is 0 Å². The number of hydrogen-bond donors (Lipinski definition) is 1. The summed E-state index contributed by atoms with van der Waals surface area (Å²) in [5.41, 5.74) is 1.16. The van der Waals surface area contributed by atoms with Crippen LogP contribution in [0.1, 0.15) is 34.1 Å². The second-order valence-electron chi connectivity index (χ2n) is 4.17. The summed E-state index contributed by atoms with van der Waals surface area (Å²) in [7, 11) is 0. The molecule has 18 heavy (non-hydrogen) atoms. The van der Waals surface area contributed by atoms with Crippen LogP contribution in [-0.4, -0.2) is 21.0 Å². The highest BCUT2D eigenvalue weighted by Crippen LogP contribution is 2.43. The predicted molar refractivity (Wildman–Crippen MR) is 64.2 cm³/mol. The molecule has 0 amide bonds. The molecule has 2 aromatic heterocycles. The molecular formula is C12H9FN2O2S. The van der Waals surface area contributed by atoms with Crippen molar-refractivity contribution in [3.05, 3.63) is 34.7 Å². The molecule has 2 heterocycles. The highest BCUT2D eigenvalue weighted by molar-refractivity contribution is 7.17. The third-order valence-corrected chi connectivity index (χ3v) is 3.84. The van der Waals surface area contributed by atoms with E-state index in [-0.39, 0.29) is 10.8 Å². The molecule has 0 bridgehead atoms. The van der Waals surface area contributed by atoms with Crippen LogP contribution in [0, 0.1) is 5.82 Å². The molecular weight excluding hydrogens is 255 g/mol. The van der Waals surface area contributed by atoms with Crippen LogP contribution in [0.5, 0.6) is 0 Å². The minimum atomic E-state index is -0.956. The number of rotatable bonds is 3. The second kappa shape index (κ2) is 4.13. The maximum absolute atomic E-state index is 12.8. The molecule has 0 unspecified atom stereocenters. The SMILES string of the molecule is O=C(O)c1sc(-c2ccc(F)cn2)nc1C1CC1. The summed E-state index contributed by atoms with van der Waals surface area (Å²) >= 11 is 1.10. The molecule has 1 fully saturated rings. The van der Waals surface area contributed by atoms with E-state index in [1.165, 1.54) is 12.1 Å². The van der Waals surface area contributed by atoms with Gasteiger partial charge in [-0.25, -0.2) is 14.2 Å². The third kappa shape index (κ3) is 1.99. The number of carboxylic acids is 1. The Morgan fingerprint density at radius 3 is 2.78 bits per heavy atom. The van der Waals surface area contributed by atoms with Crippen LogP contribution in [-0.2, 0) is 0 Å². The Morgan fingerprint density at radius 2 is 2.22 bits per heavy atom. The molecule has 1 saturated carbocycles. The fourth-order valence-electron chi connectivity index (χ4n) is 1.73. The highest BCUT2D eigenvalue weighted by atomic mass is 32.1. The number of hydrogen-bond acceptors (Lipinski definition) is 4. The van der Waals surface area contributed by atoms with Gasteiger partial charge in [-0.05, 0) is 25.0 Å². The zero-order valence-corrected chi connectivity index (χ0v) is 10.1. The first-order valence-electron chi connectivity index (χ1n) is 5.51. The molecule has 1 aliphatic carbocycles. The summed E-state index contributed by atoms with van der Waals surface area (Å²) in [4.78, 5) is 19.7. The van der Waals surface area contributed by atoms with Crippen molar-refractivity contribution < 1.29 is 14.3 Å². The molecule has 92 valence electrons. The average molecular weight is 264 g/mol. The molecule has 3 rings (SSSR count). The van der Waals surface area contributed by atoms with Gasteiger partial charge < -0.3 is 5.11 Å². The Balaban J connectivity index is 2.04. The van der Waals surface area contributed by atoms with Crippen molar-refractivity contribution in [1.29, 1.82) is 0 Å². The standard InChI is InChI=1S/C12H9FN2O2S/c13-7-3-4-8(14-5-7)11-15-9(6-1-2-6)10(18-11)12(16)17/h3-6H,1-2H2,(H,16,17). The molecule has 0 atom stereocenters. The summed E-state index contributed by atoms with van der Waals surface area (Å²) in [5, 5.41) is 9.67. The summed E-state index contributed by atoms with van der Waals surface area (Å²) in [6.07, 6.45) is 3.08. The molecule has 0 aromatic carbocycles. The Labute approximate surface area is 106 Å². The number of halogens is 1. The highest BCUT2D eigenvalue weighted by Gasteiger charge is 2.32. The smallest absolute Gasteiger partial charge is 0.347 e. The molecule has 0 radical (unpaired) electrons. The molecule has 0 aliphatic heterocycles. The van der Waals surface area contributed by atoms with Gasteiger partial charge in [0.2, 0.25) is 0 Å². The maximum atomic E-state index is 12.8. The summed E-state index contributed by atoms with van der Waals surface area (Å²) < 4.78 is 12.8. The van der Waals surface area contributed by atoms with Gasteiger partial charge in [0.1, 0.15) is 15.7 Å². The van der Waals surface area contributed by atoms with E-state index in [1.54, 1.807) is 0 Å². The van der Waals surface area contributed by atoms with Crippen molar-refractivity contribution in [2.45, 2.75) is 18.8 Å². The van der Waals surface area contributed by atoms with E-state index in [4.69, 9.17) is 5.11 Å². The quantitative estimate of drug-likeness (QED) is 0.925. The van der Waals surface area contributed by atoms with Gasteiger partial charge in [-0.15, -0.1) is 11.3 Å². The molecule has 1 aliphatic rings. The molecule has 0 saturated heterocycles. The number of carboxylic acid groups (broad SMARTS) is 1. The predicted octanol–water partition coefficient (Wildman–Crippen LogP) is 2.92. The first-order valence-corrected chi connectivity index (χ1v) is 6.33. The zero-order chi connectivity index (χ0) is 12.7. The van der Waals surface area contributed by atoms with Crippen LogP contribution in [0.3, 0.4) is 0 Å². The van der Waals surface area contributed by atoms with E-state index in [1.807, 2.05) is 0 Å². The normalized spacial score (nSPS) is 14.7. The molecule has 1 N–H and O–H groups in total. The lowest BCUT2D eigenvalue weighted by molar-refractivity contribution is 0.0700. The van der Waals surface area contributed by atoms with Crippen LogP contribution in [0.15, 0.2) is 18.3 Å². The van der Waals surface area contributed by atoms with Crippen LogP contribution in [0.4, 0.5) is 4.39 Å². The summed E-state index contributed by atoms with van der Waals surface area (Å²) in [5.74, 6) is -1.11. The van der Waals surface area contributed by atoms with Gasteiger partial charge in [-0.3, -0.25) is 4.98 Å². The van der Waals surface area contributed by atoms with Gasteiger partial charge in [-0.2, -0.15) is 0 Å². The monoisotopic (exact) mass is 264 g/mol. The van der Waals surface area contributed by atoms with Crippen molar-refractivity contribution in [2.75, 3.05) is 0 Å². The largest absolute Gasteiger partial charge is 0.477 e. The van der Waals surface area contributed by atoms with Crippen molar-refractivity contribution >= 4 is 17.3 Å². The summed E-state index contributed by atoms with van der Waals surface area (Å²) in [6.45, 7) is 0. The molecule has 4 nitrogen and oxygen atoms in total. The van der Waals surface area contributed by atoms with Crippen LogP contribution in [0.2, 0.25) is 0 Å². The van der Waals surface area contributed by atoms with Crippen molar-refractivity contribution in [1.82, 2.24) is 9.97 Å². The molecule has 0 spiro atoms. The van der Waals surface area contributed by atoms with E-state index in [0.29, 0.717) is 16.4 Å². The van der Waals surface area contributed by atoms with Crippen LogP contribution >= 0.6 is 11.3 Å². The van der Waals surface area contributed by atoms with Crippen LogP contribution < -0.4 is 0 Å². The van der Waals surface area contributed by atoms with Gasteiger partial charge in [0, 0.05) is 5.92 Å². The van der Waals surface area contributed by atoms with Gasteiger partial charge in [0.15, 0.2) is 0 Å². The van der Waals surface area contributed by atoms with E-state index < -0.39 is 11.8 Å². The molecule has 2 aromatic rings. The Morgan fingerprint density at radius 1 is 1.44 bits per heavy atom. The average Bonchev–Trinajstić information content (AvgIpc) is 3.09. The molecule has 6 heteroatoms. The van der Waals surface area contributed by atoms with Crippen molar-refractivity contribution in [3.63, 3.8) is 0 Å². The minimum absolute atomic E-state index is 0.265. The van der Waals surface area contributed by atoms with E-state index in [9.17, 15) is 9.18 Å². The fraction of sp³-hybridized carbons (Fsp3) is 0.250. The van der Waals surface area contributed by atoms with Gasteiger partial charge >= 0.3 is 5.97 Å². The first kappa shape index (κ1) is 11.3. The summed E-state index contributed by atoms with van der Waals surface area (Å²) in [6, 6.07) is 2.80. The lowest BCUT2D eigenvalue weighted by Gasteiger charge is -1.93. The number of aromatic nitrogens is 2. The zero-order valence-electron chi connectivity index (χ0n) is 9.26. The minimum Gasteiger partial charge on any atom is -0.477 e. The lowest BCUT2D eigenvalue weighted by atomic mass is 10.2. The lowest BCUT2D eigenvalue weighted by Crippen LogP contribution is -1.97. The number of aromatic carboxylic acids is 1. The second-order valence-corrected chi connectivity index (χ2v) is 5.17. The number of pyridine rings is 1. The first-order chi connectivity index (χ1) is 8.65. The van der Waals surface area contributed by atoms with E-state index in [0.717, 1.165) is 30.4 Å². The Bertz CT molecular complexity index is 605. The number of thiazole rings is 1. The number of nitrogens with zero attached hydrogens (tertiary/aromatic N) is 2. The van der Waals surface area contributed by atoms with Gasteiger partial charge in [-0.1, -0.05) is 0 Å². The van der Waals surface area contributed by atoms with Crippen molar-refractivity contribution in [3.8, 4) is 10.7 Å².